The van der Waals surface area contributed by atoms with E-state index in [0.29, 0.717) is 5.92 Å². The summed E-state index contributed by atoms with van der Waals surface area (Å²) in [4.78, 5) is 0. The quantitative estimate of drug-likeness (QED) is 0.672. The van der Waals surface area contributed by atoms with Gasteiger partial charge in [-0.15, -0.1) is 0 Å². The van der Waals surface area contributed by atoms with Crippen LogP contribution in [0.15, 0.2) is 0 Å². The third-order valence-corrected chi connectivity index (χ3v) is 2.84. The summed E-state index contributed by atoms with van der Waals surface area (Å²) in [5.41, 5.74) is 5.95. The minimum absolute atomic E-state index is 0.262. The summed E-state index contributed by atoms with van der Waals surface area (Å²) in [5, 5.41) is 0. The Labute approximate surface area is 69.1 Å². The molecule has 2 nitrogen and oxygen atoms in total. The van der Waals surface area contributed by atoms with E-state index in [9.17, 15) is 0 Å². The molecule has 0 aromatic rings. The molecule has 0 amide bonds. The summed E-state index contributed by atoms with van der Waals surface area (Å²) in [6.07, 6.45) is 4.00. The monoisotopic (exact) mass is 157 g/mol. The highest BCUT2D eigenvalue weighted by molar-refractivity contribution is 4.82. The van der Waals surface area contributed by atoms with Crippen LogP contribution in [0.1, 0.15) is 26.2 Å². The predicted molar refractivity (Wildman–Crippen MR) is 46.4 cm³/mol. The van der Waals surface area contributed by atoms with Gasteiger partial charge in [-0.25, -0.2) is 0 Å². The Morgan fingerprint density at radius 1 is 1.55 bits per heavy atom. The van der Waals surface area contributed by atoms with Gasteiger partial charge < -0.3 is 10.5 Å². The Morgan fingerprint density at radius 3 is 2.73 bits per heavy atom. The molecule has 0 aliphatic heterocycles. The van der Waals surface area contributed by atoms with E-state index in [0.717, 1.165) is 12.5 Å². The summed E-state index contributed by atoms with van der Waals surface area (Å²) >= 11 is 0. The van der Waals surface area contributed by atoms with Gasteiger partial charge in [0.25, 0.3) is 0 Å². The van der Waals surface area contributed by atoms with Crippen molar-refractivity contribution >= 4 is 0 Å². The molecule has 2 heteroatoms. The van der Waals surface area contributed by atoms with Crippen molar-refractivity contribution in [1.29, 1.82) is 0 Å². The van der Waals surface area contributed by atoms with Gasteiger partial charge in [-0.3, -0.25) is 0 Å². The van der Waals surface area contributed by atoms with Gasteiger partial charge in [0, 0.05) is 13.2 Å². The number of nitrogens with two attached hydrogens (primary N) is 1. The lowest BCUT2D eigenvalue weighted by Gasteiger charge is -2.22. The third kappa shape index (κ3) is 2.17. The Kier molecular flexibility index (Phi) is 3.34. The average molecular weight is 157 g/mol. The molecule has 11 heavy (non-hydrogen) atoms. The summed E-state index contributed by atoms with van der Waals surface area (Å²) in [7, 11) is 1.72. The zero-order valence-corrected chi connectivity index (χ0v) is 7.55. The first-order valence-electron chi connectivity index (χ1n) is 4.50. The first kappa shape index (κ1) is 9.01. The van der Waals surface area contributed by atoms with Crippen LogP contribution in [-0.4, -0.2) is 19.8 Å². The predicted octanol–water partition coefficient (Wildman–Crippen LogP) is 1.40. The van der Waals surface area contributed by atoms with Gasteiger partial charge in [0.05, 0.1) is 6.61 Å². The van der Waals surface area contributed by atoms with E-state index in [1.54, 1.807) is 7.11 Å². The standard InChI is InChI=1S/C9H19NO/c1-7-4-3-5-8(7)9(10)6-11-2/h7-9H,3-6,10H2,1-2H3. The molecule has 0 aromatic carbocycles. The zero-order chi connectivity index (χ0) is 8.27. The van der Waals surface area contributed by atoms with Crippen LogP contribution in [-0.2, 0) is 4.74 Å². The van der Waals surface area contributed by atoms with Crippen LogP contribution < -0.4 is 5.73 Å². The molecule has 1 aliphatic rings. The van der Waals surface area contributed by atoms with Gasteiger partial charge in [0.15, 0.2) is 0 Å². The van der Waals surface area contributed by atoms with Gasteiger partial charge in [-0.05, 0) is 18.3 Å². The molecule has 0 bridgehead atoms. The van der Waals surface area contributed by atoms with Gasteiger partial charge in [-0.1, -0.05) is 19.8 Å². The third-order valence-electron chi connectivity index (χ3n) is 2.84. The van der Waals surface area contributed by atoms with Crippen molar-refractivity contribution in [1.82, 2.24) is 0 Å². The fraction of sp³-hybridized carbons (Fsp3) is 1.00. The van der Waals surface area contributed by atoms with E-state index in [1.165, 1.54) is 19.3 Å². The Balaban J connectivity index is 2.33. The van der Waals surface area contributed by atoms with Crippen LogP contribution >= 0.6 is 0 Å². The lowest BCUT2D eigenvalue weighted by Crippen LogP contribution is -2.35. The molecule has 3 unspecified atom stereocenters. The minimum Gasteiger partial charge on any atom is -0.383 e. The van der Waals surface area contributed by atoms with Gasteiger partial charge in [0.1, 0.15) is 0 Å². The van der Waals surface area contributed by atoms with Gasteiger partial charge in [-0.2, -0.15) is 0 Å². The molecule has 1 rings (SSSR count). The lowest BCUT2D eigenvalue weighted by molar-refractivity contribution is 0.147. The fourth-order valence-electron chi connectivity index (χ4n) is 2.13. The lowest BCUT2D eigenvalue weighted by atomic mass is 9.91. The van der Waals surface area contributed by atoms with Crippen LogP contribution in [0.4, 0.5) is 0 Å². The second-order valence-electron chi connectivity index (χ2n) is 3.69. The second-order valence-corrected chi connectivity index (χ2v) is 3.69. The van der Waals surface area contributed by atoms with E-state index >= 15 is 0 Å². The van der Waals surface area contributed by atoms with E-state index in [-0.39, 0.29) is 6.04 Å². The number of ether oxygens (including phenoxy) is 1. The van der Waals surface area contributed by atoms with Crippen molar-refractivity contribution in [3.05, 3.63) is 0 Å². The van der Waals surface area contributed by atoms with Crippen LogP contribution in [0.3, 0.4) is 0 Å². The van der Waals surface area contributed by atoms with Crippen LogP contribution in [0, 0.1) is 11.8 Å². The SMILES string of the molecule is COCC(N)C1CCCC1C. The smallest absolute Gasteiger partial charge is 0.0616 e. The molecule has 1 aliphatic carbocycles. The molecule has 1 fully saturated rings. The van der Waals surface area contributed by atoms with Crippen molar-refractivity contribution in [3.8, 4) is 0 Å². The van der Waals surface area contributed by atoms with Crippen molar-refractivity contribution in [2.45, 2.75) is 32.2 Å². The molecule has 0 heterocycles. The van der Waals surface area contributed by atoms with Crippen LogP contribution in [0.25, 0.3) is 0 Å². The molecular formula is C9H19NO. The summed E-state index contributed by atoms with van der Waals surface area (Å²) < 4.78 is 5.04. The van der Waals surface area contributed by atoms with Crippen LogP contribution in [0.2, 0.25) is 0 Å². The molecular weight excluding hydrogens is 138 g/mol. The summed E-state index contributed by atoms with van der Waals surface area (Å²) in [6.45, 7) is 3.02. The first-order chi connectivity index (χ1) is 5.25. The molecule has 0 saturated heterocycles. The average Bonchev–Trinajstić information content (AvgIpc) is 2.36. The fourth-order valence-corrected chi connectivity index (χ4v) is 2.13. The number of hydrogen-bond acceptors (Lipinski definition) is 2. The summed E-state index contributed by atoms with van der Waals surface area (Å²) in [5.74, 6) is 1.51. The first-order valence-corrected chi connectivity index (χ1v) is 4.50. The van der Waals surface area contributed by atoms with E-state index in [2.05, 4.69) is 6.92 Å². The largest absolute Gasteiger partial charge is 0.383 e. The van der Waals surface area contributed by atoms with Crippen molar-refractivity contribution in [3.63, 3.8) is 0 Å². The zero-order valence-electron chi connectivity index (χ0n) is 7.55. The molecule has 1 saturated carbocycles. The Hall–Kier alpha value is -0.0800. The van der Waals surface area contributed by atoms with Crippen LogP contribution in [0.5, 0.6) is 0 Å². The maximum Gasteiger partial charge on any atom is 0.0616 e. The van der Waals surface area contributed by atoms with Gasteiger partial charge >= 0.3 is 0 Å². The van der Waals surface area contributed by atoms with Crippen molar-refractivity contribution < 1.29 is 4.74 Å². The number of hydrogen-bond donors (Lipinski definition) is 1. The number of methoxy groups -OCH3 is 1. The minimum atomic E-state index is 0.262. The Morgan fingerprint density at radius 2 is 2.27 bits per heavy atom. The maximum atomic E-state index is 5.95. The van der Waals surface area contributed by atoms with E-state index < -0.39 is 0 Å². The molecule has 66 valence electrons. The number of rotatable bonds is 3. The highest BCUT2D eigenvalue weighted by atomic mass is 16.5. The molecule has 0 spiro atoms. The molecule has 0 radical (unpaired) electrons. The molecule has 2 N–H and O–H groups in total. The van der Waals surface area contributed by atoms with Gasteiger partial charge in [0.2, 0.25) is 0 Å². The van der Waals surface area contributed by atoms with E-state index in [4.69, 9.17) is 10.5 Å². The van der Waals surface area contributed by atoms with Crippen molar-refractivity contribution in [2.24, 2.45) is 17.6 Å². The molecule has 3 atom stereocenters. The highest BCUT2D eigenvalue weighted by Crippen LogP contribution is 2.32. The maximum absolute atomic E-state index is 5.95. The highest BCUT2D eigenvalue weighted by Gasteiger charge is 2.28. The second kappa shape index (κ2) is 4.07. The molecule has 0 aromatic heterocycles. The topological polar surface area (TPSA) is 35.2 Å². The van der Waals surface area contributed by atoms with E-state index in [1.807, 2.05) is 0 Å². The Bertz CT molecular complexity index is 116. The summed E-state index contributed by atoms with van der Waals surface area (Å²) in [6, 6.07) is 0.262. The normalized spacial score (nSPS) is 34.1. The van der Waals surface area contributed by atoms with Crippen molar-refractivity contribution in [2.75, 3.05) is 13.7 Å².